The number of benzene rings is 2. The average Bonchev–Trinajstić information content (AvgIpc) is 3.85. The number of thioether (sulfide) groups is 1. The van der Waals surface area contributed by atoms with E-state index in [1.54, 1.807) is 38.9 Å². The molecule has 0 saturated carbocycles. The number of rotatable bonds is 14. The summed E-state index contributed by atoms with van der Waals surface area (Å²) in [7, 11) is 0. The van der Waals surface area contributed by atoms with Crippen molar-refractivity contribution in [1.29, 1.82) is 0 Å². The Morgan fingerprint density at radius 1 is 0.948 bits per heavy atom. The number of anilines is 1. The van der Waals surface area contributed by atoms with Crippen molar-refractivity contribution in [3.63, 3.8) is 0 Å². The minimum Gasteiger partial charge on any atom is -0.382 e. The topological polar surface area (TPSA) is 152 Å². The number of nitrogen functional groups attached to an aromatic ring is 1. The number of unbranched alkanes of at least 4 members (excludes halogenated alkanes) is 1. The van der Waals surface area contributed by atoms with Crippen molar-refractivity contribution in [1.82, 2.24) is 24.4 Å². The van der Waals surface area contributed by atoms with Gasteiger partial charge in [-0.25, -0.2) is 15.0 Å². The van der Waals surface area contributed by atoms with Crippen LogP contribution in [0.25, 0.3) is 22.3 Å². The summed E-state index contributed by atoms with van der Waals surface area (Å²) >= 11 is 7.93. The summed E-state index contributed by atoms with van der Waals surface area (Å²) in [5, 5.41) is 0.667. The highest BCUT2D eigenvalue weighted by atomic mass is 35.5. The lowest BCUT2D eigenvalue weighted by Gasteiger charge is -2.33. The number of ether oxygens (including phenoxy) is 3. The number of carbonyl (C=O) groups excluding carboxylic acids is 3. The van der Waals surface area contributed by atoms with Crippen molar-refractivity contribution in [3.05, 3.63) is 94.1 Å². The van der Waals surface area contributed by atoms with Gasteiger partial charge in [0.05, 0.1) is 12.4 Å². The van der Waals surface area contributed by atoms with E-state index in [0.717, 1.165) is 35.3 Å². The van der Waals surface area contributed by atoms with Crippen molar-refractivity contribution < 1.29 is 28.6 Å². The quantitative estimate of drug-likeness (QED) is 0.0976. The maximum absolute atomic E-state index is 14.3. The fourth-order valence-corrected chi connectivity index (χ4v) is 9.47. The van der Waals surface area contributed by atoms with Gasteiger partial charge < -0.3 is 24.8 Å². The molecule has 306 valence electrons. The minimum atomic E-state index is -0.852. The third kappa shape index (κ3) is 8.51. The number of nitrogens with zero attached hydrogens (tertiary/aromatic N) is 5. The molecule has 2 N–H and O–H groups in total. The van der Waals surface area contributed by atoms with Gasteiger partial charge >= 0.3 is 0 Å². The van der Waals surface area contributed by atoms with Crippen LogP contribution in [0.2, 0.25) is 5.02 Å². The molecule has 1 aliphatic carbocycles. The van der Waals surface area contributed by atoms with Crippen LogP contribution in [-0.2, 0) is 35.1 Å². The number of Topliss-reactive ketones (excluding diaryl/α,β-unsaturated/α-hetero) is 2. The number of aromatic nitrogens is 4. The molecule has 0 bridgehead atoms. The number of halogens is 1. The third-order valence-electron chi connectivity index (χ3n) is 11.3. The zero-order valence-electron chi connectivity index (χ0n) is 34.1. The van der Waals surface area contributed by atoms with Gasteiger partial charge in [-0.1, -0.05) is 55.8 Å². The van der Waals surface area contributed by atoms with Crippen molar-refractivity contribution >= 4 is 57.8 Å². The van der Waals surface area contributed by atoms with Crippen molar-refractivity contribution in [2.24, 2.45) is 5.41 Å². The summed E-state index contributed by atoms with van der Waals surface area (Å²) in [5.74, 6) is 0.686. The van der Waals surface area contributed by atoms with E-state index in [2.05, 4.69) is 21.0 Å². The zero-order chi connectivity index (χ0) is 41.5. The minimum absolute atomic E-state index is 0.0736. The van der Waals surface area contributed by atoms with E-state index >= 15 is 0 Å². The average molecular weight is 827 g/mol. The Labute approximate surface area is 348 Å². The number of ketones is 2. The van der Waals surface area contributed by atoms with Gasteiger partial charge in [0, 0.05) is 58.0 Å². The van der Waals surface area contributed by atoms with E-state index in [1.807, 2.05) is 79.6 Å². The molecule has 2 aliphatic heterocycles. The van der Waals surface area contributed by atoms with E-state index < -0.39 is 17.4 Å². The van der Waals surface area contributed by atoms with Gasteiger partial charge in [-0.2, -0.15) is 11.8 Å². The van der Waals surface area contributed by atoms with Gasteiger partial charge in [0.2, 0.25) is 5.91 Å². The molecule has 12 nitrogen and oxygen atoms in total. The van der Waals surface area contributed by atoms with Crippen LogP contribution in [0.3, 0.4) is 0 Å². The molecule has 3 aliphatic rings. The third-order valence-corrected chi connectivity index (χ3v) is 12.7. The Balaban J connectivity index is 1.02. The van der Waals surface area contributed by atoms with E-state index in [-0.39, 0.29) is 42.2 Å². The number of allylic oxidation sites excluding steroid dienone is 4. The van der Waals surface area contributed by atoms with E-state index in [9.17, 15) is 14.4 Å². The van der Waals surface area contributed by atoms with Gasteiger partial charge in [0.1, 0.15) is 24.1 Å². The normalized spacial score (nSPS) is 22.0. The number of nitrogens with two attached hydrogens (primary N) is 1. The van der Waals surface area contributed by atoms with Crippen LogP contribution in [-0.4, -0.2) is 84.0 Å². The number of hydrogen-bond donors (Lipinski definition) is 1. The lowest BCUT2D eigenvalue weighted by Crippen LogP contribution is -2.38. The highest BCUT2D eigenvalue weighted by Gasteiger charge is 2.56. The highest BCUT2D eigenvalue weighted by molar-refractivity contribution is 7.99. The molecule has 4 aromatic rings. The summed E-state index contributed by atoms with van der Waals surface area (Å²) in [5.41, 5.74) is 11.1. The highest BCUT2D eigenvalue weighted by Crippen LogP contribution is 2.45. The van der Waals surface area contributed by atoms with E-state index in [0.29, 0.717) is 63.1 Å². The Kier molecular flexibility index (Phi) is 12.0. The molecule has 7 rings (SSSR count). The van der Waals surface area contributed by atoms with E-state index in [4.69, 9.17) is 31.5 Å². The van der Waals surface area contributed by atoms with Crippen molar-refractivity contribution in [3.8, 4) is 11.1 Å². The smallest absolute Gasteiger partial charge is 0.223 e. The molecule has 58 heavy (non-hydrogen) atoms. The fraction of sp³-hybridized carbons (Fsp3) is 0.455. The number of hydrogen-bond acceptors (Lipinski definition) is 11. The Morgan fingerprint density at radius 2 is 1.67 bits per heavy atom. The number of imidazole rings is 1. The summed E-state index contributed by atoms with van der Waals surface area (Å²) in [6.07, 6.45) is 3.42. The van der Waals surface area contributed by atoms with Gasteiger partial charge in [0.15, 0.2) is 35.0 Å². The molecule has 14 heteroatoms. The second-order valence-corrected chi connectivity index (χ2v) is 18.1. The molecular formula is C44H51ClN6O6S. The molecule has 2 saturated heterocycles. The summed E-state index contributed by atoms with van der Waals surface area (Å²) < 4.78 is 21.1. The second kappa shape index (κ2) is 16.7. The van der Waals surface area contributed by atoms with Crippen molar-refractivity contribution in [2.75, 3.05) is 23.8 Å². The SMILES string of the molecule is CC1=C(C)C(=O)C(C(C)(C)CC(=O)N(CCCCSC[C@H]2O[C@@H](n3cnc4c(N)ncnc43)[C@@H]3OC(C)(C)O[C@@H]32)Cc2cccc(-c3ccc(Cl)cc3)c2)=C(C)C1=O. The first-order valence-electron chi connectivity index (χ1n) is 19.7. The van der Waals surface area contributed by atoms with Crippen LogP contribution >= 0.6 is 23.4 Å². The van der Waals surface area contributed by atoms with Gasteiger partial charge in [-0.3, -0.25) is 19.0 Å². The molecule has 2 fully saturated rings. The first kappa shape index (κ1) is 41.7. The Morgan fingerprint density at radius 3 is 2.43 bits per heavy atom. The molecule has 0 spiro atoms. The summed E-state index contributed by atoms with van der Waals surface area (Å²) in [4.78, 5) is 55.7. The second-order valence-electron chi connectivity index (χ2n) is 16.5. The molecule has 2 aromatic carbocycles. The van der Waals surface area contributed by atoms with Crippen molar-refractivity contribution in [2.45, 2.75) is 105 Å². The van der Waals surface area contributed by atoms with Crippen LogP contribution in [0.1, 0.15) is 79.5 Å². The first-order valence-corrected chi connectivity index (χ1v) is 21.2. The molecule has 0 radical (unpaired) electrons. The summed E-state index contributed by atoms with van der Waals surface area (Å²) in [6.45, 7) is 13.6. The number of carbonyl (C=O) groups is 3. The molecule has 4 atom stereocenters. The van der Waals surface area contributed by atoms with Crippen LogP contribution in [0.5, 0.6) is 0 Å². The number of fused-ring (bicyclic) bond motifs is 2. The largest absolute Gasteiger partial charge is 0.382 e. The monoisotopic (exact) mass is 826 g/mol. The van der Waals surface area contributed by atoms with Gasteiger partial charge in [-0.15, -0.1) is 0 Å². The van der Waals surface area contributed by atoms with Crippen LogP contribution in [0.4, 0.5) is 5.82 Å². The molecule has 0 unspecified atom stereocenters. The predicted molar refractivity (Wildman–Crippen MR) is 226 cm³/mol. The Bertz CT molecular complexity index is 2300. The van der Waals surface area contributed by atoms with Crippen LogP contribution in [0.15, 0.2) is 83.5 Å². The number of amides is 1. The maximum Gasteiger partial charge on any atom is 0.223 e. The summed E-state index contributed by atoms with van der Waals surface area (Å²) in [6, 6.07) is 15.9. The Hall–Kier alpha value is -4.40. The molecular weight excluding hydrogens is 776 g/mol. The predicted octanol–water partition coefficient (Wildman–Crippen LogP) is 7.91. The lowest BCUT2D eigenvalue weighted by molar-refractivity contribution is -0.193. The lowest BCUT2D eigenvalue weighted by atomic mass is 9.71. The molecule has 1 amide bonds. The van der Waals surface area contributed by atoms with Gasteiger partial charge in [0.25, 0.3) is 0 Å². The fourth-order valence-electron chi connectivity index (χ4n) is 8.27. The van der Waals surface area contributed by atoms with E-state index in [1.165, 1.54) is 6.33 Å². The zero-order valence-corrected chi connectivity index (χ0v) is 35.7. The maximum atomic E-state index is 14.3. The first-order chi connectivity index (χ1) is 27.5. The molecule has 2 aromatic heterocycles. The standard InChI is InChI=1S/C44H51ClN6O6S/c1-25-26(2)37(54)34(27(3)36(25)53)43(4,5)20-33(52)50(21-28-11-10-12-30(19-28)29-13-15-31(45)16-14-29)17-8-9-18-58-22-32-38-39(57-44(6,7)56-38)42(55-32)51-24-49-35-40(46)47-23-48-41(35)51/h10-16,19,23-24,32,38-39,42H,8-9,17-18,20-22H2,1-7H3,(H2,46,47,48)/t32-,38-,39-,42-/m1/s1. The van der Waals surface area contributed by atoms with Gasteiger partial charge in [-0.05, 0) is 88.1 Å². The molecule has 4 heterocycles. The van der Waals surface area contributed by atoms with Crippen LogP contribution in [0, 0.1) is 5.41 Å². The van der Waals surface area contributed by atoms with Crippen LogP contribution < -0.4 is 5.73 Å².